The van der Waals surface area contributed by atoms with Crippen LogP contribution in [-0.2, 0) is 22.5 Å². The van der Waals surface area contributed by atoms with Crippen molar-refractivity contribution < 1.29 is 4.74 Å². The summed E-state index contributed by atoms with van der Waals surface area (Å²) >= 11 is 1.82. The van der Waals surface area contributed by atoms with E-state index < -0.39 is 0 Å². The summed E-state index contributed by atoms with van der Waals surface area (Å²) in [6.07, 6.45) is 0. The third kappa shape index (κ3) is 1.63. The predicted molar refractivity (Wildman–Crippen MR) is 64.2 cm³/mol. The second-order valence-electron chi connectivity index (χ2n) is 5.12. The summed E-state index contributed by atoms with van der Waals surface area (Å²) in [5, 5.41) is 5.47. The number of fused-ring (bicyclic) bond motifs is 1. The highest BCUT2D eigenvalue weighted by atomic mass is 32.1. The topological polar surface area (TPSA) is 21.3 Å². The maximum absolute atomic E-state index is 6.12. The molecule has 15 heavy (non-hydrogen) atoms. The summed E-state index contributed by atoms with van der Waals surface area (Å²) in [5.74, 6) is 0. The summed E-state index contributed by atoms with van der Waals surface area (Å²) in [6.45, 7) is 9.55. The molecule has 0 spiro atoms. The molecule has 0 aliphatic carbocycles. The molecule has 0 aromatic carbocycles. The Morgan fingerprint density at radius 1 is 1.27 bits per heavy atom. The monoisotopic (exact) mass is 225 g/mol. The van der Waals surface area contributed by atoms with Crippen LogP contribution in [-0.4, -0.2) is 7.05 Å². The minimum absolute atomic E-state index is 0.129. The highest BCUT2D eigenvalue weighted by Gasteiger charge is 2.45. The fourth-order valence-corrected chi connectivity index (χ4v) is 3.83. The van der Waals surface area contributed by atoms with Gasteiger partial charge in [0.25, 0.3) is 0 Å². The molecule has 0 amide bonds. The average Bonchev–Trinajstić information content (AvgIpc) is 2.54. The quantitative estimate of drug-likeness (QED) is 0.835. The Bertz CT molecular complexity index is 379. The van der Waals surface area contributed by atoms with Crippen molar-refractivity contribution in [3.05, 3.63) is 21.4 Å². The lowest BCUT2D eigenvalue weighted by Gasteiger charge is -2.25. The molecule has 0 bridgehead atoms. The van der Waals surface area contributed by atoms with Gasteiger partial charge in [-0.3, -0.25) is 0 Å². The van der Waals surface area contributed by atoms with E-state index in [1.807, 2.05) is 18.4 Å². The molecule has 0 radical (unpaired) electrons. The van der Waals surface area contributed by atoms with Crippen molar-refractivity contribution in [1.82, 2.24) is 5.32 Å². The fraction of sp³-hybridized carbons (Fsp3) is 0.667. The van der Waals surface area contributed by atoms with E-state index in [1.54, 1.807) is 0 Å². The van der Waals surface area contributed by atoms with E-state index >= 15 is 0 Å². The van der Waals surface area contributed by atoms with Gasteiger partial charge in [-0.25, -0.2) is 0 Å². The number of rotatable bonds is 2. The first kappa shape index (κ1) is 11.1. The SMILES string of the molecule is CNCc1csc2c1C(C)(C)OC2(C)C. The van der Waals surface area contributed by atoms with Gasteiger partial charge in [0.05, 0.1) is 11.2 Å². The first-order chi connectivity index (χ1) is 6.88. The lowest BCUT2D eigenvalue weighted by molar-refractivity contribution is -0.104. The number of thiophene rings is 1. The van der Waals surface area contributed by atoms with E-state index in [1.165, 1.54) is 16.0 Å². The number of nitrogens with one attached hydrogen (secondary N) is 1. The van der Waals surface area contributed by atoms with Crippen molar-refractivity contribution >= 4 is 11.3 Å². The molecule has 0 saturated heterocycles. The molecule has 2 rings (SSSR count). The first-order valence-corrected chi connectivity index (χ1v) is 6.22. The number of ether oxygens (including phenoxy) is 1. The summed E-state index contributed by atoms with van der Waals surface area (Å²) < 4.78 is 6.12. The van der Waals surface area contributed by atoms with Gasteiger partial charge in [0.2, 0.25) is 0 Å². The second kappa shape index (κ2) is 3.30. The molecule has 1 aromatic heterocycles. The zero-order valence-electron chi connectivity index (χ0n) is 10.1. The van der Waals surface area contributed by atoms with Crippen LogP contribution in [0.25, 0.3) is 0 Å². The summed E-state index contributed by atoms with van der Waals surface area (Å²) in [7, 11) is 1.98. The van der Waals surface area contributed by atoms with Crippen LogP contribution in [0, 0.1) is 0 Å². The minimum Gasteiger partial charge on any atom is -0.359 e. The number of hydrogen-bond acceptors (Lipinski definition) is 3. The fourth-order valence-electron chi connectivity index (χ4n) is 2.55. The van der Waals surface area contributed by atoms with Crippen LogP contribution < -0.4 is 5.32 Å². The molecule has 0 saturated carbocycles. The zero-order valence-corrected chi connectivity index (χ0v) is 10.9. The molecule has 1 aliphatic rings. The molecule has 2 nitrogen and oxygen atoms in total. The largest absolute Gasteiger partial charge is 0.359 e. The standard InChI is InChI=1S/C12H19NOS/c1-11(2)9-8(6-13-5)7-15-10(9)12(3,4)14-11/h7,13H,6H2,1-5H3. The molecule has 3 heteroatoms. The highest BCUT2D eigenvalue weighted by molar-refractivity contribution is 7.10. The summed E-state index contributed by atoms with van der Waals surface area (Å²) in [6, 6.07) is 0. The van der Waals surface area contributed by atoms with Crippen molar-refractivity contribution in [2.75, 3.05) is 7.05 Å². The third-order valence-corrected chi connectivity index (χ3v) is 4.23. The Labute approximate surface area is 95.6 Å². The van der Waals surface area contributed by atoms with E-state index in [2.05, 4.69) is 38.4 Å². The molecule has 0 fully saturated rings. The molecule has 1 aliphatic heterocycles. The Morgan fingerprint density at radius 3 is 2.53 bits per heavy atom. The first-order valence-electron chi connectivity index (χ1n) is 5.34. The maximum atomic E-state index is 6.12. The molecule has 0 unspecified atom stereocenters. The predicted octanol–water partition coefficient (Wildman–Crippen LogP) is 2.97. The maximum Gasteiger partial charge on any atom is 0.0982 e. The van der Waals surface area contributed by atoms with Gasteiger partial charge in [0.15, 0.2) is 0 Å². The molecule has 1 aromatic rings. The summed E-state index contributed by atoms with van der Waals surface area (Å²) in [5.41, 5.74) is 2.50. The Kier molecular flexibility index (Phi) is 2.45. The van der Waals surface area contributed by atoms with Crippen LogP contribution in [0.1, 0.15) is 43.7 Å². The van der Waals surface area contributed by atoms with Crippen molar-refractivity contribution in [1.29, 1.82) is 0 Å². The van der Waals surface area contributed by atoms with Crippen molar-refractivity contribution in [3.8, 4) is 0 Å². The van der Waals surface area contributed by atoms with Gasteiger partial charge in [0, 0.05) is 17.0 Å². The zero-order chi connectivity index (χ0) is 11.3. The van der Waals surface area contributed by atoms with Crippen LogP contribution in [0.3, 0.4) is 0 Å². The Balaban J connectivity index is 2.53. The average molecular weight is 225 g/mol. The molecule has 1 N–H and O–H groups in total. The molecule has 0 atom stereocenters. The van der Waals surface area contributed by atoms with Crippen molar-refractivity contribution in [3.63, 3.8) is 0 Å². The smallest absolute Gasteiger partial charge is 0.0982 e. The second-order valence-corrected chi connectivity index (χ2v) is 6.00. The van der Waals surface area contributed by atoms with E-state index in [0.717, 1.165) is 6.54 Å². The van der Waals surface area contributed by atoms with Gasteiger partial charge in [-0.2, -0.15) is 0 Å². The van der Waals surface area contributed by atoms with Gasteiger partial charge >= 0.3 is 0 Å². The Morgan fingerprint density at radius 2 is 1.93 bits per heavy atom. The van der Waals surface area contributed by atoms with Crippen molar-refractivity contribution in [2.24, 2.45) is 0 Å². The molecule has 2 heterocycles. The number of hydrogen-bond donors (Lipinski definition) is 1. The molecular weight excluding hydrogens is 206 g/mol. The van der Waals surface area contributed by atoms with E-state index in [4.69, 9.17) is 4.74 Å². The molecular formula is C12H19NOS. The van der Waals surface area contributed by atoms with E-state index in [-0.39, 0.29) is 11.2 Å². The lowest BCUT2D eigenvalue weighted by Crippen LogP contribution is -2.23. The normalized spacial score (nSPS) is 21.7. The summed E-state index contributed by atoms with van der Waals surface area (Å²) in [4.78, 5) is 1.39. The van der Waals surface area contributed by atoms with Gasteiger partial charge < -0.3 is 10.1 Å². The Hall–Kier alpha value is -0.380. The van der Waals surface area contributed by atoms with E-state index in [0.29, 0.717) is 0 Å². The van der Waals surface area contributed by atoms with Gasteiger partial charge in [-0.15, -0.1) is 11.3 Å². The highest BCUT2D eigenvalue weighted by Crippen LogP contribution is 2.50. The van der Waals surface area contributed by atoms with E-state index in [9.17, 15) is 0 Å². The van der Waals surface area contributed by atoms with Crippen LogP contribution in [0.2, 0.25) is 0 Å². The van der Waals surface area contributed by atoms with Gasteiger partial charge in [-0.05, 0) is 45.7 Å². The molecule has 84 valence electrons. The van der Waals surface area contributed by atoms with Crippen molar-refractivity contribution in [2.45, 2.75) is 45.4 Å². The van der Waals surface area contributed by atoms with Gasteiger partial charge in [-0.1, -0.05) is 0 Å². The van der Waals surface area contributed by atoms with Gasteiger partial charge in [0.1, 0.15) is 0 Å². The third-order valence-electron chi connectivity index (χ3n) is 2.89. The lowest BCUT2D eigenvalue weighted by atomic mass is 9.94. The van der Waals surface area contributed by atoms with Crippen LogP contribution in [0.4, 0.5) is 0 Å². The minimum atomic E-state index is -0.148. The van der Waals surface area contributed by atoms with Crippen LogP contribution in [0.15, 0.2) is 5.38 Å². The van der Waals surface area contributed by atoms with Crippen LogP contribution >= 0.6 is 11.3 Å². The van der Waals surface area contributed by atoms with Crippen LogP contribution in [0.5, 0.6) is 0 Å².